The number of hydrogen-bond acceptors (Lipinski definition) is 6. The number of halogens is 3. The molecule has 4 rings (SSSR count). The van der Waals surface area contributed by atoms with Gasteiger partial charge in [0.25, 0.3) is 5.91 Å². The number of rotatable bonds is 8. The summed E-state index contributed by atoms with van der Waals surface area (Å²) in [4.78, 5) is 28.5. The van der Waals surface area contributed by atoms with E-state index >= 15 is 0 Å². The van der Waals surface area contributed by atoms with E-state index in [9.17, 15) is 14.0 Å². The average Bonchev–Trinajstić information content (AvgIpc) is 3.13. The molecule has 38 heavy (non-hydrogen) atoms. The number of carbonyl (C=O) groups excluding carboxylic acids is 2. The maximum absolute atomic E-state index is 13.5. The lowest BCUT2D eigenvalue weighted by Crippen LogP contribution is -2.35. The van der Waals surface area contributed by atoms with Gasteiger partial charge in [-0.15, -0.1) is 0 Å². The van der Waals surface area contributed by atoms with Gasteiger partial charge < -0.3 is 19.1 Å². The maximum atomic E-state index is 13.5. The predicted octanol–water partition coefficient (Wildman–Crippen LogP) is 6.09. The molecule has 1 aliphatic heterocycles. The minimum atomic E-state index is -0.547. The molecule has 0 aromatic heterocycles. The monoisotopic (exact) mass is 662 g/mol. The molecule has 0 bridgehead atoms. The normalized spacial score (nSPS) is 14.3. The van der Waals surface area contributed by atoms with Gasteiger partial charge in [0.05, 0.1) is 28.9 Å². The van der Waals surface area contributed by atoms with Gasteiger partial charge in [-0.2, -0.15) is 0 Å². The molecule has 0 spiro atoms. The van der Waals surface area contributed by atoms with E-state index in [-0.39, 0.29) is 29.8 Å². The fourth-order valence-corrected chi connectivity index (χ4v) is 5.48. The second kappa shape index (κ2) is 12.1. The van der Waals surface area contributed by atoms with Crippen molar-refractivity contribution in [3.8, 4) is 11.5 Å². The van der Waals surface area contributed by atoms with Crippen LogP contribution in [0.5, 0.6) is 11.5 Å². The van der Waals surface area contributed by atoms with E-state index in [0.717, 1.165) is 5.56 Å². The molecule has 1 amide bonds. The lowest BCUT2D eigenvalue weighted by Gasteiger charge is -2.19. The fraction of sp³-hybridized carbons (Fsp3) is 0.148. The summed E-state index contributed by atoms with van der Waals surface area (Å²) in [5, 5.41) is 0.147. The number of methoxy groups -OCH3 is 2. The highest BCUT2D eigenvalue weighted by Crippen LogP contribution is 2.37. The van der Waals surface area contributed by atoms with Crippen LogP contribution in [-0.4, -0.2) is 42.7 Å². The van der Waals surface area contributed by atoms with Gasteiger partial charge in [-0.3, -0.25) is 14.5 Å². The van der Waals surface area contributed by atoms with Gasteiger partial charge in [-0.25, -0.2) is 4.39 Å². The number of carbonyl (C=O) groups is 2. The zero-order valence-corrected chi connectivity index (χ0v) is 24.2. The van der Waals surface area contributed by atoms with Crippen LogP contribution < -0.4 is 14.4 Å². The number of esters is 1. The van der Waals surface area contributed by atoms with Crippen LogP contribution in [0.4, 0.5) is 10.1 Å². The first-order chi connectivity index (χ1) is 18.2. The van der Waals surface area contributed by atoms with Crippen molar-refractivity contribution in [3.63, 3.8) is 0 Å². The van der Waals surface area contributed by atoms with E-state index in [2.05, 4.69) is 31.9 Å². The molecule has 1 fully saturated rings. The third kappa shape index (κ3) is 6.06. The van der Waals surface area contributed by atoms with Crippen molar-refractivity contribution in [2.24, 2.45) is 0 Å². The van der Waals surface area contributed by atoms with Crippen molar-refractivity contribution >= 4 is 72.8 Å². The van der Waals surface area contributed by atoms with Crippen LogP contribution in [0.2, 0.25) is 0 Å². The average molecular weight is 664 g/mol. The van der Waals surface area contributed by atoms with Gasteiger partial charge >= 0.3 is 5.97 Å². The van der Waals surface area contributed by atoms with E-state index in [4.69, 9.17) is 26.4 Å². The summed E-state index contributed by atoms with van der Waals surface area (Å²) >= 11 is 12.6. The molecule has 3 aromatic rings. The number of ether oxygens (including phenoxy) is 3. The summed E-state index contributed by atoms with van der Waals surface area (Å²) in [6.07, 6.45) is 1.64. The Kier molecular flexibility index (Phi) is 8.80. The third-order valence-electron chi connectivity index (χ3n) is 5.60. The minimum absolute atomic E-state index is 0.147. The summed E-state index contributed by atoms with van der Waals surface area (Å²) in [5.41, 5.74) is 2.19. The fourth-order valence-electron chi connectivity index (χ4n) is 3.68. The van der Waals surface area contributed by atoms with Gasteiger partial charge in [0.15, 0.2) is 5.11 Å². The molecule has 196 valence electrons. The molecule has 0 N–H and O–H groups in total. The first-order valence-electron chi connectivity index (χ1n) is 11.2. The Hall–Kier alpha value is -3.28. The SMILES string of the molecule is COC(=O)CN1C(=S)N(c2ccc(OC)cc2)C(=O)/C1=C/c1cc(Br)c(OCc2ccc(F)cc2)c(Br)c1. The molecule has 1 heterocycles. The molecule has 1 saturated heterocycles. The lowest BCUT2D eigenvalue weighted by molar-refractivity contribution is -0.140. The highest BCUT2D eigenvalue weighted by Gasteiger charge is 2.40. The van der Waals surface area contributed by atoms with Gasteiger partial charge in [-0.1, -0.05) is 12.1 Å². The highest BCUT2D eigenvalue weighted by atomic mass is 79.9. The smallest absolute Gasteiger partial charge is 0.325 e. The van der Waals surface area contributed by atoms with Crippen LogP contribution in [-0.2, 0) is 20.9 Å². The predicted molar refractivity (Wildman–Crippen MR) is 152 cm³/mol. The number of hydrogen-bond donors (Lipinski definition) is 0. The summed E-state index contributed by atoms with van der Waals surface area (Å²) in [6, 6.07) is 16.5. The molecule has 1 aliphatic rings. The standard InChI is InChI=1S/C27H21Br2FN2O5S/c1-35-20-9-7-19(8-10-20)32-26(34)23(31(27(32)38)14-24(33)36-2)13-17-11-21(28)25(22(29)12-17)37-15-16-3-5-18(30)6-4-16/h3-13H,14-15H2,1-2H3/b23-13-. The quantitative estimate of drug-likeness (QED) is 0.164. The van der Waals surface area contributed by atoms with Gasteiger partial charge in [0.2, 0.25) is 0 Å². The minimum Gasteiger partial charge on any atom is -0.497 e. The van der Waals surface area contributed by atoms with Crippen molar-refractivity contribution in [3.05, 3.63) is 92.3 Å². The van der Waals surface area contributed by atoms with Crippen LogP contribution in [0.1, 0.15) is 11.1 Å². The second-order valence-corrected chi connectivity index (χ2v) is 10.1. The van der Waals surface area contributed by atoms with E-state index in [1.165, 1.54) is 29.0 Å². The van der Waals surface area contributed by atoms with Gasteiger partial charge in [0.1, 0.15) is 36.2 Å². The van der Waals surface area contributed by atoms with Crippen molar-refractivity contribution < 1.29 is 28.2 Å². The van der Waals surface area contributed by atoms with Crippen LogP contribution in [0.15, 0.2) is 75.3 Å². The van der Waals surface area contributed by atoms with Crippen molar-refractivity contribution in [2.75, 3.05) is 25.7 Å². The number of benzene rings is 3. The van der Waals surface area contributed by atoms with Gasteiger partial charge in [0, 0.05) is 0 Å². The summed E-state index contributed by atoms with van der Waals surface area (Å²) in [5.74, 6) is -0.0929. The Morgan fingerprint density at radius 2 is 1.66 bits per heavy atom. The highest BCUT2D eigenvalue weighted by molar-refractivity contribution is 9.11. The van der Waals surface area contributed by atoms with Crippen molar-refractivity contribution in [1.82, 2.24) is 4.90 Å². The molecule has 0 unspecified atom stereocenters. The molecule has 0 saturated carbocycles. The maximum Gasteiger partial charge on any atom is 0.325 e. The van der Waals surface area contributed by atoms with Crippen LogP contribution in [0.25, 0.3) is 6.08 Å². The molecule has 11 heteroatoms. The number of anilines is 1. The lowest BCUT2D eigenvalue weighted by atomic mass is 10.1. The molecule has 0 radical (unpaired) electrons. The molecule has 0 atom stereocenters. The molecule has 0 aliphatic carbocycles. The van der Waals surface area contributed by atoms with Gasteiger partial charge in [-0.05, 0) is 110 Å². The van der Waals surface area contributed by atoms with E-state index in [1.54, 1.807) is 61.7 Å². The third-order valence-corrected chi connectivity index (χ3v) is 7.18. The number of amides is 1. The second-order valence-electron chi connectivity index (χ2n) is 8.04. The Bertz CT molecular complexity index is 1390. The molecule has 3 aromatic carbocycles. The largest absolute Gasteiger partial charge is 0.497 e. The Morgan fingerprint density at radius 1 is 1.03 bits per heavy atom. The topological polar surface area (TPSA) is 68.3 Å². The van der Waals surface area contributed by atoms with Crippen molar-refractivity contribution in [1.29, 1.82) is 0 Å². The van der Waals surface area contributed by atoms with E-state index in [1.807, 2.05) is 0 Å². The Labute approximate surface area is 241 Å². The Morgan fingerprint density at radius 3 is 2.24 bits per heavy atom. The zero-order valence-electron chi connectivity index (χ0n) is 20.2. The molecular formula is C27H21Br2FN2O5S. The van der Waals surface area contributed by atoms with Crippen molar-refractivity contribution in [2.45, 2.75) is 6.61 Å². The zero-order chi connectivity index (χ0) is 27.4. The van der Waals surface area contributed by atoms with E-state index in [0.29, 0.717) is 31.7 Å². The molecular weight excluding hydrogens is 643 g/mol. The molecule has 7 nitrogen and oxygen atoms in total. The van der Waals surface area contributed by atoms with Crippen LogP contribution >= 0.6 is 44.1 Å². The summed E-state index contributed by atoms with van der Waals surface area (Å²) < 4.78 is 30.4. The first-order valence-corrected chi connectivity index (χ1v) is 13.2. The first kappa shape index (κ1) is 27.7. The van der Waals surface area contributed by atoms with Crippen LogP contribution in [0, 0.1) is 5.82 Å². The summed E-state index contributed by atoms with van der Waals surface area (Å²) in [6.45, 7) is -0.00480. The number of nitrogens with zero attached hydrogens (tertiary/aromatic N) is 2. The van der Waals surface area contributed by atoms with E-state index < -0.39 is 11.9 Å². The summed E-state index contributed by atoms with van der Waals surface area (Å²) in [7, 11) is 2.82. The Balaban J connectivity index is 1.65. The number of thiocarbonyl (C=S) groups is 1. The van der Waals surface area contributed by atoms with Crippen LogP contribution in [0.3, 0.4) is 0 Å².